The van der Waals surface area contributed by atoms with E-state index in [1.165, 1.54) is 0 Å². The third kappa shape index (κ3) is 3.48. The van der Waals surface area contributed by atoms with Crippen LogP contribution in [0.15, 0.2) is 42.7 Å². The van der Waals surface area contributed by atoms with Crippen LogP contribution in [0.25, 0.3) is 0 Å². The molecule has 0 aliphatic carbocycles. The standard InChI is InChI=1S/C16H20N2O2/c1-3-7-20-14-6-4-5-12(8-14)16(17)13-9-15(19-2)11-18-10-13/h4-6,8-11,16H,3,7,17H2,1-2H3. The Kier molecular flexibility index (Phi) is 4.96. The van der Waals surface area contributed by atoms with Crippen LogP contribution in [0.4, 0.5) is 0 Å². The molecule has 20 heavy (non-hydrogen) atoms. The van der Waals surface area contributed by atoms with Crippen LogP contribution in [0.2, 0.25) is 0 Å². The first-order valence-corrected chi connectivity index (χ1v) is 6.72. The van der Waals surface area contributed by atoms with Crippen LogP contribution in [-0.2, 0) is 0 Å². The highest BCUT2D eigenvalue weighted by Crippen LogP contribution is 2.24. The summed E-state index contributed by atoms with van der Waals surface area (Å²) in [5.41, 5.74) is 8.19. The lowest BCUT2D eigenvalue weighted by Gasteiger charge is -2.14. The van der Waals surface area contributed by atoms with Gasteiger partial charge in [0.1, 0.15) is 11.5 Å². The molecule has 1 unspecified atom stereocenters. The maximum atomic E-state index is 6.29. The third-order valence-corrected chi connectivity index (χ3v) is 3.02. The molecule has 0 aliphatic heterocycles. The number of ether oxygens (including phenoxy) is 2. The lowest BCUT2D eigenvalue weighted by molar-refractivity contribution is 0.317. The highest BCUT2D eigenvalue weighted by molar-refractivity contribution is 5.37. The number of hydrogen-bond donors (Lipinski definition) is 1. The molecule has 2 rings (SSSR count). The SMILES string of the molecule is CCCOc1cccc(C(N)c2cncc(OC)c2)c1. The average Bonchev–Trinajstić information content (AvgIpc) is 2.52. The molecule has 0 spiro atoms. The average molecular weight is 272 g/mol. The van der Waals surface area contributed by atoms with Crippen LogP contribution in [0.3, 0.4) is 0 Å². The van der Waals surface area contributed by atoms with E-state index in [2.05, 4.69) is 11.9 Å². The van der Waals surface area contributed by atoms with E-state index in [4.69, 9.17) is 15.2 Å². The molecule has 4 nitrogen and oxygen atoms in total. The van der Waals surface area contributed by atoms with Crippen LogP contribution in [0.1, 0.15) is 30.5 Å². The second kappa shape index (κ2) is 6.91. The minimum absolute atomic E-state index is 0.247. The Bertz CT molecular complexity index is 558. The van der Waals surface area contributed by atoms with Gasteiger partial charge in [0.05, 0.1) is 26.0 Å². The van der Waals surface area contributed by atoms with Crippen molar-refractivity contribution >= 4 is 0 Å². The van der Waals surface area contributed by atoms with Crippen molar-refractivity contribution in [3.05, 3.63) is 53.9 Å². The number of hydrogen-bond acceptors (Lipinski definition) is 4. The minimum atomic E-state index is -0.247. The summed E-state index contributed by atoms with van der Waals surface area (Å²) in [7, 11) is 1.62. The first kappa shape index (κ1) is 14.3. The zero-order valence-electron chi connectivity index (χ0n) is 11.9. The fourth-order valence-corrected chi connectivity index (χ4v) is 1.93. The maximum absolute atomic E-state index is 6.29. The van der Waals surface area contributed by atoms with Gasteiger partial charge in [-0.3, -0.25) is 4.98 Å². The van der Waals surface area contributed by atoms with E-state index in [1.54, 1.807) is 19.5 Å². The van der Waals surface area contributed by atoms with Gasteiger partial charge in [-0.1, -0.05) is 19.1 Å². The van der Waals surface area contributed by atoms with Gasteiger partial charge in [0, 0.05) is 6.20 Å². The number of benzene rings is 1. The molecule has 1 heterocycles. The fourth-order valence-electron chi connectivity index (χ4n) is 1.93. The van der Waals surface area contributed by atoms with Crippen LogP contribution < -0.4 is 15.2 Å². The summed E-state index contributed by atoms with van der Waals surface area (Å²) in [6, 6.07) is 9.51. The van der Waals surface area contributed by atoms with E-state index in [0.717, 1.165) is 23.3 Å². The Balaban J connectivity index is 2.21. The van der Waals surface area contributed by atoms with E-state index in [9.17, 15) is 0 Å². The molecule has 2 aromatic rings. The molecular formula is C16H20N2O2. The molecule has 4 heteroatoms. The number of nitrogens with zero attached hydrogens (tertiary/aromatic N) is 1. The Labute approximate surface area is 119 Å². The normalized spacial score (nSPS) is 11.9. The molecule has 1 atom stereocenters. The van der Waals surface area contributed by atoms with Crippen LogP contribution in [0, 0.1) is 0 Å². The summed E-state index contributed by atoms with van der Waals surface area (Å²) >= 11 is 0. The molecule has 1 aromatic heterocycles. The van der Waals surface area contributed by atoms with Crippen molar-refractivity contribution in [2.24, 2.45) is 5.73 Å². The second-order valence-corrected chi connectivity index (χ2v) is 4.56. The van der Waals surface area contributed by atoms with E-state index in [-0.39, 0.29) is 6.04 Å². The van der Waals surface area contributed by atoms with Crippen LogP contribution >= 0.6 is 0 Å². The van der Waals surface area contributed by atoms with Crippen molar-refractivity contribution < 1.29 is 9.47 Å². The molecule has 0 bridgehead atoms. The van der Waals surface area contributed by atoms with Gasteiger partial charge in [0.2, 0.25) is 0 Å². The number of pyridine rings is 1. The van der Waals surface area contributed by atoms with Gasteiger partial charge in [0.25, 0.3) is 0 Å². The minimum Gasteiger partial charge on any atom is -0.495 e. The highest BCUT2D eigenvalue weighted by atomic mass is 16.5. The molecule has 1 aromatic carbocycles. The maximum Gasteiger partial charge on any atom is 0.137 e. The molecule has 0 aliphatic rings. The first-order valence-electron chi connectivity index (χ1n) is 6.72. The summed E-state index contributed by atoms with van der Waals surface area (Å²) < 4.78 is 10.8. The lowest BCUT2D eigenvalue weighted by atomic mass is 10.0. The Hall–Kier alpha value is -2.07. The van der Waals surface area contributed by atoms with Crippen molar-refractivity contribution in [1.29, 1.82) is 0 Å². The molecular weight excluding hydrogens is 252 g/mol. The van der Waals surface area contributed by atoms with Gasteiger partial charge in [0.15, 0.2) is 0 Å². The molecule has 0 fully saturated rings. The topological polar surface area (TPSA) is 57.4 Å². The van der Waals surface area contributed by atoms with Gasteiger partial charge in [-0.05, 0) is 35.7 Å². The molecule has 0 radical (unpaired) electrons. The van der Waals surface area contributed by atoms with Crippen LogP contribution in [0.5, 0.6) is 11.5 Å². The summed E-state index contributed by atoms with van der Waals surface area (Å²) in [6.45, 7) is 2.79. The number of aromatic nitrogens is 1. The van der Waals surface area contributed by atoms with E-state index in [0.29, 0.717) is 12.4 Å². The number of nitrogens with two attached hydrogens (primary N) is 1. The Morgan fingerprint density at radius 3 is 2.70 bits per heavy atom. The molecule has 2 N–H and O–H groups in total. The van der Waals surface area contributed by atoms with E-state index in [1.807, 2.05) is 30.3 Å². The van der Waals surface area contributed by atoms with E-state index >= 15 is 0 Å². The fraction of sp³-hybridized carbons (Fsp3) is 0.312. The predicted molar refractivity (Wildman–Crippen MR) is 79.0 cm³/mol. The molecule has 106 valence electrons. The zero-order chi connectivity index (χ0) is 14.4. The zero-order valence-corrected chi connectivity index (χ0v) is 11.9. The van der Waals surface area contributed by atoms with Crippen molar-refractivity contribution in [3.8, 4) is 11.5 Å². The van der Waals surface area contributed by atoms with Gasteiger partial charge in [-0.2, -0.15) is 0 Å². The smallest absolute Gasteiger partial charge is 0.137 e. The summed E-state index contributed by atoms with van der Waals surface area (Å²) in [4.78, 5) is 4.14. The summed E-state index contributed by atoms with van der Waals surface area (Å²) in [6.07, 6.45) is 4.40. The van der Waals surface area contributed by atoms with Gasteiger partial charge in [-0.25, -0.2) is 0 Å². The van der Waals surface area contributed by atoms with Crippen LogP contribution in [-0.4, -0.2) is 18.7 Å². The largest absolute Gasteiger partial charge is 0.495 e. The Morgan fingerprint density at radius 1 is 1.15 bits per heavy atom. The van der Waals surface area contributed by atoms with Crippen molar-refractivity contribution in [2.45, 2.75) is 19.4 Å². The number of methoxy groups -OCH3 is 1. The summed E-state index contributed by atoms with van der Waals surface area (Å²) in [5, 5.41) is 0. The predicted octanol–water partition coefficient (Wildman–Crippen LogP) is 2.93. The van der Waals surface area contributed by atoms with Crippen molar-refractivity contribution in [2.75, 3.05) is 13.7 Å². The van der Waals surface area contributed by atoms with Gasteiger partial charge >= 0.3 is 0 Å². The third-order valence-electron chi connectivity index (χ3n) is 3.02. The molecule has 0 amide bonds. The van der Waals surface area contributed by atoms with E-state index < -0.39 is 0 Å². The van der Waals surface area contributed by atoms with Crippen molar-refractivity contribution in [3.63, 3.8) is 0 Å². The van der Waals surface area contributed by atoms with Gasteiger partial charge < -0.3 is 15.2 Å². The lowest BCUT2D eigenvalue weighted by Crippen LogP contribution is -2.12. The molecule has 0 saturated heterocycles. The Morgan fingerprint density at radius 2 is 1.95 bits per heavy atom. The van der Waals surface area contributed by atoms with Crippen molar-refractivity contribution in [1.82, 2.24) is 4.98 Å². The summed E-state index contributed by atoms with van der Waals surface area (Å²) in [5.74, 6) is 1.55. The second-order valence-electron chi connectivity index (χ2n) is 4.56. The molecule has 0 saturated carbocycles. The van der Waals surface area contributed by atoms with Gasteiger partial charge in [-0.15, -0.1) is 0 Å². The highest BCUT2D eigenvalue weighted by Gasteiger charge is 2.11. The first-order chi connectivity index (χ1) is 9.74. The number of rotatable bonds is 6. The quantitative estimate of drug-likeness (QED) is 0.878. The monoisotopic (exact) mass is 272 g/mol.